The Morgan fingerprint density at radius 2 is 0.917 bits per heavy atom. The maximum Gasteiger partial charge on any atom is 0.127 e. The van der Waals surface area contributed by atoms with Gasteiger partial charge in [-0.25, -0.2) is 0 Å². The first-order valence-electron chi connectivity index (χ1n) is 12.0. The van der Waals surface area contributed by atoms with E-state index in [1.807, 2.05) is 42.5 Å². The molecule has 0 saturated heterocycles. The van der Waals surface area contributed by atoms with E-state index in [-0.39, 0.29) is 22.3 Å². The van der Waals surface area contributed by atoms with Crippen LogP contribution in [0, 0.1) is 0 Å². The van der Waals surface area contributed by atoms with Gasteiger partial charge in [-0.1, -0.05) is 102 Å². The summed E-state index contributed by atoms with van der Waals surface area (Å²) >= 11 is 0. The minimum absolute atomic E-state index is 0.121. The number of phenolic OH excluding ortho intramolecular Hbond substituents is 4. The van der Waals surface area contributed by atoms with Crippen molar-refractivity contribution in [2.24, 2.45) is 0 Å². The molecule has 4 nitrogen and oxygen atoms in total. The standard InChI is InChI=1S/C20H26O2.C12H10O2/c1-19(2,3)15-9-7-8-14(18(15)22)13-10-11-17(21)16(12-13)20(4,5)6;13-11-7-3-1-5-9(11)10-6-2-4-8-12(10)14/h7-12,21-22H,1-6H3;1-8,13-14H. The molecular formula is C32H36O4. The number of aromatic hydroxyl groups is 4. The van der Waals surface area contributed by atoms with Gasteiger partial charge in [0.05, 0.1) is 0 Å². The van der Waals surface area contributed by atoms with E-state index < -0.39 is 0 Å². The van der Waals surface area contributed by atoms with Crippen LogP contribution in [0.25, 0.3) is 22.3 Å². The summed E-state index contributed by atoms with van der Waals surface area (Å²) in [6, 6.07) is 25.3. The zero-order valence-corrected chi connectivity index (χ0v) is 21.9. The molecule has 0 amide bonds. The van der Waals surface area contributed by atoms with E-state index in [4.69, 9.17) is 0 Å². The Labute approximate surface area is 214 Å². The van der Waals surface area contributed by atoms with Gasteiger partial charge >= 0.3 is 0 Å². The van der Waals surface area contributed by atoms with Crippen molar-refractivity contribution in [3.8, 4) is 45.3 Å². The van der Waals surface area contributed by atoms with E-state index in [9.17, 15) is 20.4 Å². The molecule has 0 aliphatic rings. The predicted octanol–water partition coefficient (Wildman–Crippen LogP) is 8.12. The molecule has 0 heterocycles. The third kappa shape index (κ3) is 6.01. The zero-order valence-electron chi connectivity index (χ0n) is 21.9. The van der Waals surface area contributed by atoms with Crippen LogP contribution in [-0.2, 0) is 10.8 Å². The normalized spacial score (nSPS) is 11.5. The Hall–Kier alpha value is -3.92. The van der Waals surface area contributed by atoms with Gasteiger partial charge in [-0.3, -0.25) is 0 Å². The van der Waals surface area contributed by atoms with E-state index in [1.165, 1.54) is 0 Å². The van der Waals surface area contributed by atoms with Crippen molar-refractivity contribution in [3.63, 3.8) is 0 Å². The topological polar surface area (TPSA) is 80.9 Å². The maximum atomic E-state index is 10.7. The molecule has 4 rings (SSSR count). The van der Waals surface area contributed by atoms with Crippen LogP contribution in [0.2, 0.25) is 0 Å². The highest BCUT2D eigenvalue weighted by Gasteiger charge is 2.22. The average Bonchev–Trinajstić information content (AvgIpc) is 2.80. The van der Waals surface area contributed by atoms with Gasteiger partial charge < -0.3 is 20.4 Å². The molecule has 0 spiro atoms. The second kappa shape index (κ2) is 10.4. The van der Waals surface area contributed by atoms with Gasteiger partial charge in [-0.05, 0) is 51.8 Å². The highest BCUT2D eigenvalue weighted by Crippen LogP contribution is 2.41. The van der Waals surface area contributed by atoms with Crippen LogP contribution in [0.15, 0.2) is 84.9 Å². The fraction of sp³-hybridized carbons (Fsp3) is 0.250. The minimum Gasteiger partial charge on any atom is -0.508 e. The van der Waals surface area contributed by atoms with E-state index in [2.05, 4.69) is 41.5 Å². The van der Waals surface area contributed by atoms with E-state index in [0.717, 1.165) is 22.3 Å². The van der Waals surface area contributed by atoms with E-state index in [1.54, 1.807) is 42.5 Å². The van der Waals surface area contributed by atoms with Crippen LogP contribution >= 0.6 is 0 Å². The summed E-state index contributed by atoms with van der Waals surface area (Å²) in [5.41, 5.74) is 4.54. The van der Waals surface area contributed by atoms with Crippen molar-refractivity contribution in [2.45, 2.75) is 52.4 Å². The van der Waals surface area contributed by atoms with Crippen LogP contribution in [0.5, 0.6) is 23.0 Å². The molecule has 0 bridgehead atoms. The molecule has 4 aromatic rings. The third-order valence-corrected chi connectivity index (χ3v) is 6.06. The molecule has 0 atom stereocenters. The van der Waals surface area contributed by atoms with Gasteiger partial charge in [0.1, 0.15) is 23.0 Å². The summed E-state index contributed by atoms with van der Waals surface area (Å²) in [6.07, 6.45) is 0. The van der Waals surface area contributed by atoms with Crippen LogP contribution in [-0.4, -0.2) is 20.4 Å². The average molecular weight is 485 g/mol. The molecule has 36 heavy (non-hydrogen) atoms. The molecular weight excluding hydrogens is 448 g/mol. The molecule has 4 heteroatoms. The Morgan fingerprint density at radius 3 is 1.39 bits per heavy atom. The lowest BCUT2D eigenvalue weighted by atomic mass is 9.82. The second-order valence-corrected chi connectivity index (χ2v) is 11.0. The summed E-state index contributed by atoms with van der Waals surface area (Å²) in [5.74, 6) is 0.964. The highest BCUT2D eigenvalue weighted by molar-refractivity contribution is 5.75. The molecule has 0 aromatic heterocycles. The fourth-order valence-electron chi connectivity index (χ4n) is 4.09. The van der Waals surface area contributed by atoms with Crippen LogP contribution in [0.3, 0.4) is 0 Å². The van der Waals surface area contributed by atoms with Crippen molar-refractivity contribution in [3.05, 3.63) is 96.1 Å². The lowest BCUT2D eigenvalue weighted by Gasteiger charge is -2.24. The lowest BCUT2D eigenvalue weighted by Crippen LogP contribution is -2.12. The summed E-state index contributed by atoms with van der Waals surface area (Å²) in [6.45, 7) is 12.5. The van der Waals surface area contributed by atoms with E-state index >= 15 is 0 Å². The molecule has 0 unspecified atom stereocenters. The molecule has 0 fully saturated rings. The van der Waals surface area contributed by atoms with Crippen molar-refractivity contribution in [2.75, 3.05) is 0 Å². The summed E-state index contributed by atoms with van der Waals surface area (Å²) in [7, 11) is 0. The molecule has 4 aromatic carbocycles. The molecule has 188 valence electrons. The van der Waals surface area contributed by atoms with Crippen molar-refractivity contribution < 1.29 is 20.4 Å². The SMILES string of the molecule is CC(C)(C)c1cc(-c2cccc(C(C)(C)C)c2O)ccc1O.Oc1ccccc1-c1ccccc1O. The first kappa shape index (κ1) is 26.7. The molecule has 0 aliphatic heterocycles. The maximum absolute atomic E-state index is 10.7. The molecule has 0 radical (unpaired) electrons. The van der Waals surface area contributed by atoms with Crippen molar-refractivity contribution in [1.82, 2.24) is 0 Å². The molecule has 0 saturated carbocycles. The minimum atomic E-state index is -0.155. The van der Waals surface area contributed by atoms with Crippen molar-refractivity contribution >= 4 is 0 Å². The predicted molar refractivity (Wildman–Crippen MR) is 148 cm³/mol. The number of hydrogen-bond acceptors (Lipinski definition) is 4. The molecule has 0 aliphatic carbocycles. The number of para-hydroxylation sites is 3. The highest BCUT2D eigenvalue weighted by atomic mass is 16.3. The first-order valence-corrected chi connectivity index (χ1v) is 12.0. The largest absolute Gasteiger partial charge is 0.508 e. The summed E-state index contributed by atoms with van der Waals surface area (Å²) in [4.78, 5) is 0. The number of phenols is 4. The van der Waals surface area contributed by atoms with Gasteiger partial charge in [0, 0.05) is 16.7 Å². The Morgan fingerprint density at radius 1 is 0.444 bits per heavy atom. The van der Waals surface area contributed by atoms with Crippen LogP contribution < -0.4 is 0 Å². The van der Waals surface area contributed by atoms with Gasteiger partial charge in [0.2, 0.25) is 0 Å². The first-order chi connectivity index (χ1) is 16.8. The second-order valence-electron chi connectivity index (χ2n) is 11.0. The smallest absolute Gasteiger partial charge is 0.127 e. The molecule has 4 N–H and O–H groups in total. The van der Waals surface area contributed by atoms with Crippen LogP contribution in [0.1, 0.15) is 52.7 Å². The van der Waals surface area contributed by atoms with Gasteiger partial charge in [0.25, 0.3) is 0 Å². The summed E-state index contributed by atoms with van der Waals surface area (Å²) < 4.78 is 0. The monoisotopic (exact) mass is 484 g/mol. The zero-order chi connectivity index (χ0) is 26.7. The number of rotatable bonds is 2. The fourth-order valence-corrected chi connectivity index (χ4v) is 4.09. The van der Waals surface area contributed by atoms with Gasteiger partial charge in [0.15, 0.2) is 0 Å². The quantitative estimate of drug-likeness (QED) is 0.232. The third-order valence-electron chi connectivity index (χ3n) is 6.06. The van der Waals surface area contributed by atoms with Gasteiger partial charge in [-0.15, -0.1) is 0 Å². The van der Waals surface area contributed by atoms with E-state index in [0.29, 0.717) is 22.6 Å². The Kier molecular flexibility index (Phi) is 7.68. The number of benzene rings is 4. The Bertz CT molecular complexity index is 1300. The van der Waals surface area contributed by atoms with Gasteiger partial charge in [-0.2, -0.15) is 0 Å². The lowest BCUT2D eigenvalue weighted by molar-refractivity contribution is 0.445. The Balaban J connectivity index is 0.000000221. The number of hydrogen-bond donors (Lipinski definition) is 4. The van der Waals surface area contributed by atoms with Crippen molar-refractivity contribution in [1.29, 1.82) is 0 Å². The summed E-state index contributed by atoms with van der Waals surface area (Å²) in [5, 5.41) is 39.9. The van der Waals surface area contributed by atoms with Crippen LogP contribution in [0.4, 0.5) is 0 Å².